The Morgan fingerprint density at radius 2 is 2.32 bits per heavy atom. The van der Waals surface area contributed by atoms with Gasteiger partial charge in [-0.05, 0) is 43.5 Å². The van der Waals surface area contributed by atoms with Crippen LogP contribution in [-0.4, -0.2) is 37.3 Å². The van der Waals surface area contributed by atoms with E-state index in [-0.39, 0.29) is 17.9 Å². The summed E-state index contributed by atoms with van der Waals surface area (Å²) in [6.07, 6.45) is 3.77. The third-order valence-corrected chi connectivity index (χ3v) is 4.12. The Kier molecular flexibility index (Phi) is 4.34. The summed E-state index contributed by atoms with van der Waals surface area (Å²) in [7, 11) is 1.66. The number of nitrogens with one attached hydrogen (secondary N) is 2. The molecule has 1 aromatic heterocycles. The van der Waals surface area contributed by atoms with Crippen molar-refractivity contribution in [2.45, 2.75) is 25.9 Å². The number of methoxy groups -OCH3 is 1. The summed E-state index contributed by atoms with van der Waals surface area (Å²) in [6.45, 7) is 3.27. The first-order valence-electron chi connectivity index (χ1n) is 7.76. The molecule has 1 heterocycles. The van der Waals surface area contributed by atoms with Crippen molar-refractivity contribution in [1.29, 1.82) is 0 Å². The van der Waals surface area contributed by atoms with Crippen LogP contribution in [0.2, 0.25) is 0 Å². The minimum Gasteiger partial charge on any atom is -0.497 e. The second kappa shape index (κ2) is 6.40. The van der Waals surface area contributed by atoms with Crippen molar-refractivity contribution in [3.63, 3.8) is 0 Å². The first-order chi connectivity index (χ1) is 10.7. The Bertz CT molecular complexity index is 665. The second-order valence-corrected chi connectivity index (χ2v) is 5.60. The molecular weight excluding hydrogens is 280 g/mol. The van der Waals surface area contributed by atoms with Crippen LogP contribution in [0.4, 0.5) is 0 Å². The molecule has 1 amide bonds. The number of carbonyl (C=O) groups excluding carboxylic acids is 1. The number of hydrogen-bond acceptors (Lipinski definition) is 3. The third kappa shape index (κ3) is 3.09. The minimum atomic E-state index is 0.0445. The van der Waals surface area contributed by atoms with Crippen LogP contribution in [0.5, 0.6) is 5.75 Å². The predicted octanol–water partition coefficient (Wildman–Crippen LogP) is 2.26. The molecular formula is C17H22N2O3. The molecule has 1 aliphatic rings. The van der Waals surface area contributed by atoms with Crippen molar-refractivity contribution in [3.05, 3.63) is 30.0 Å². The van der Waals surface area contributed by atoms with Crippen LogP contribution in [0, 0.1) is 5.92 Å². The molecule has 2 atom stereocenters. The van der Waals surface area contributed by atoms with Gasteiger partial charge in [-0.25, -0.2) is 0 Å². The number of rotatable bonds is 7. The van der Waals surface area contributed by atoms with Crippen LogP contribution < -0.4 is 10.1 Å². The van der Waals surface area contributed by atoms with E-state index in [4.69, 9.17) is 9.47 Å². The molecule has 5 nitrogen and oxygen atoms in total. The number of hydrogen-bond donors (Lipinski definition) is 2. The van der Waals surface area contributed by atoms with Crippen LogP contribution in [0.1, 0.15) is 18.9 Å². The summed E-state index contributed by atoms with van der Waals surface area (Å²) in [6, 6.07) is 5.97. The zero-order valence-electron chi connectivity index (χ0n) is 13.0. The summed E-state index contributed by atoms with van der Waals surface area (Å²) in [5, 5.41) is 4.15. The maximum absolute atomic E-state index is 12.0. The van der Waals surface area contributed by atoms with Crippen LogP contribution >= 0.6 is 0 Å². The summed E-state index contributed by atoms with van der Waals surface area (Å²) in [5.41, 5.74) is 2.27. The Balaban J connectivity index is 1.55. The second-order valence-electron chi connectivity index (χ2n) is 5.60. The molecule has 0 radical (unpaired) electrons. The number of amides is 1. The van der Waals surface area contributed by atoms with E-state index in [1.54, 1.807) is 7.11 Å². The molecule has 2 N–H and O–H groups in total. The quantitative estimate of drug-likeness (QED) is 0.824. The standard InChI is InChI=1S/C17H22N2O3/c1-3-22-16-9-14(16)17(20)18-7-6-11-10-19-15-5-4-12(21-2)8-13(11)15/h4-5,8,10,14,16,19H,3,6-7,9H2,1-2H3,(H,18,20)/t14-,16-/m1/s1. The minimum absolute atomic E-state index is 0.0445. The van der Waals surface area contributed by atoms with Crippen molar-refractivity contribution in [3.8, 4) is 5.75 Å². The van der Waals surface area contributed by atoms with E-state index in [2.05, 4.69) is 10.3 Å². The van der Waals surface area contributed by atoms with Gasteiger partial charge < -0.3 is 19.8 Å². The third-order valence-electron chi connectivity index (χ3n) is 4.12. The molecule has 1 aliphatic carbocycles. The Morgan fingerprint density at radius 1 is 1.45 bits per heavy atom. The largest absolute Gasteiger partial charge is 0.497 e. The van der Waals surface area contributed by atoms with E-state index < -0.39 is 0 Å². The average Bonchev–Trinajstić information content (AvgIpc) is 3.19. The SMILES string of the molecule is CCO[C@@H]1C[C@H]1C(=O)NCCc1c[nH]c2ccc(OC)cc12. The lowest BCUT2D eigenvalue weighted by Crippen LogP contribution is -2.28. The van der Waals surface area contributed by atoms with Gasteiger partial charge >= 0.3 is 0 Å². The van der Waals surface area contributed by atoms with Gasteiger partial charge in [0.25, 0.3) is 0 Å². The molecule has 5 heteroatoms. The maximum Gasteiger partial charge on any atom is 0.225 e. The normalized spacial score (nSPS) is 20.1. The van der Waals surface area contributed by atoms with E-state index >= 15 is 0 Å². The van der Waals surface area contributed by atoms with Crippen LogP contribution in [0.25, 0.3) is 10.9 Å². The van der Waals surface area contributed by atoms with E-state index in [1.165, 1.54) is 5.56 Å². The summed E-state index contributed by atoms with van der Waals surface area (Å²) in [5.74, 6) is 0.994. The van der Waals surface area contributed by atoms with Gasteiger partial charge in [0.1, 0.15) is 5.75 Å². The number of benzene rings is 1. The van der Waals surface area contributed by atoms with Gasteiger partial charge in [-0.3, -0.25) is 4.79 Å². The highest BCUT2D eigenvalue weighted by molar-refractivity contribution is 5.85. The average molecular weight is 302 g/mol. The molecule has 118 valence electrons. The van der Waals surface area contributed by atoms with Crippen molar-refractivity contribution in [1.82, 2.24) is 10.3 Å². The molecule has 1 aromatic carbocycles. The molecule has 0 spiro atoms. The molecule has 2 aromatic rings. The smallest absolute Gasteiger partial charge is 0.225 e. The van der Waals surface area contributed by atoms with E-state index in [1.807, 2.05) is 31.3 Å². The molecule has 1 saturated carbocycles. The highest BCUT2D eigenvalue weighted by Crippen LogP contribution is 2.33. The fraction of sp³-hybridized carbons (Fsp3) is 0.471. The van der Waals surface area contributed by atoms with E-state index in [9.17, 15) is 4.79 Å². The van der Waals surface area contributed by atoms with E-state index in [0.29, 0.717) is 13.2 Å². The van der Waals surface area contributed by atoms with Crippen LogP contribution in [0.15, 0.2) is 24.4 Å². The zero-order valence-corrected chi connectivity index (χ0v) is 13.0. The first-order valence-corrected chi connectivity index (χ1v) is 7.76. The van der Waals surface area contributed by atoms with Crippen molar-refractivity contribution in [2.75, 3.05) is 20.3 Å². The lowest BCUT2D eigenvalue weighted by atomic mass is 10.1. The lowest BCUT2D eigenvalue weighted by Gasteiger charge is -2.05. The number of fused-ring (bicyclic) bond motifs is 1. The van der Waals surface area contributed by atoms with Crippen molar-refractivity contribution in [2.24, 2.45) is 5.92 Å². The van der Waals surface area contributed by atoms with Gasteiger partial charge in [-0.2, -0.15) is 0 Å². The monoisotopic (exact) mass is 302 g/mol. The Hall–Kier alpha value is -2.01. The molecule has 0 saturated heterocycles. The van der Waals surface area contributed by atoms with Gasteiger partial charge in [0, 0.05) is 30.3 Å². The van der Waals surface area contributed by atoms with Gasteiger partial charge in [0.05, 0.1) is 19.1 Å². The number of H-pyrrole nitrogens is 1. The summed E-state index contributed by atoms with van der Waals surface area (Å²) >= 11 is 0. The van der Waals surface area contributed by atoms with Gasteiger partial charge in [-0.1, -0.05) is 0 Å². The number of ether oxygens (including phenoxy) is 2. The highest BCUT2D eigenvalue weighted by Gasteiger charge is 2.43. The maximum atomic E-state index is 12.0. The van der Waals surface area contributed by atoms with Gasteiger partial charge in [-0.15, -0.1) is 0 Å². The molecule has 0 aliphatic heterocycles. The number of carbonyl (C=O) groups is 1. The topological polar surface area (TPSA) is 63.3 Å². The highest BCUT2D eigenvalue weighted by atomic mass is 16.5. The molecule has 3 rings (SSSR count). The first kappa shape index (κ1) is 14.9. The fourth-order valence-corrected chi connectivity index (χ4v) is 2.79. The van der Waals surface area contributed by atoms with Gasteiger partial charge in [0.2, 0.25) is 5.91 Å². The Morgan fingerprint density at radius 3 is 3.09 bits per heavy atom. The molecule has 0 bridgehead atoms. The Labute approximate surface area is 130 Å². The van der Waals surface area contributed by atoms with Crippen molar-refractivity contribution < 1.29 is 14.3 Å². The lowest BCUT2D eigenvalue weighted by molar-refractivity contribution is -0.123. The number of aromatic nitrogens is 1. The van der Waals surface area contributed by atoms with Gasteiger partial charge in [0.15, 0.2) is 0 Å². The van der Waals surface area contributed by atoms with Crippen LogP contribution in [-0.2, 0) is 16.0 Å². The number of aromatic amines is 1. The fourth-order valence-electron chi connectivity index (χ4n) is 2.79. The molecule has 1 fully saturated rings. The zero-order chi connectivity index (χ0) is 15.5. The molecule has 22 heavy (non-hydrogen) atoms. The van der Waals surface area contributed by atoms with Crippen molar-refractivity contribution >= 4 is 16.8 Å². The van der Waals surface area contributed by atoms with E-state index in [0.717, 1.165) is 29.5 Å². The summed E-state index contributed by atoms with van der Waals surface area (Å²) in [4.78, 5) is 15.2. The predicted molar refractivity (Wildman–Crippen MR) is 85.1 cm³/mol. The molecule has 0 unspecified atom stereocenters. The van der Waals surface area contributed by atoms with Crippen LogP contribution in [0.3, 0.4) is 0 Å². The summed E-state index contributed by atoms with van der Waals surface area (Å²) < 4.78 is 10.7.